The molecule has 3 aromatic rings. The van der Waals surface area contributed by atoms with Crippen molar-refractivity contribution in [2.45, 2.75) is 56.5 Å². The maximum atomic E-state index is 14.7. The van der Waals surface area contributed by atoms with Crippen LogP contribution in [0, 0.1) is 0 Å². The summed E-state index contributed by atoms with van der Waals surface area (Å²) in [4.78, 5) is 3.78. The molecule has 2 aromatic heterocycles. The maximum absolute atomic E-state index is 14.7. The molecule has 38 heavy (non-hydrogen) atoms. The van der Waals surface area contributed by atoms with Crippen LogP contribution in [0.3, 0.4) is 0 Å². The van der Waals surface area contributed by atoms with Gasteiger partial charge in [-0.3, -0.25) is 0 Å². The molecule has 0 amide bonds. The fourth-order valence-corrected chi connectivity index (χ4v) is 3.80. The lowest BCUT2D eigenvalue weighted by Crippen LogP contribution is -2.53. The molecule has 0 aliphatic carbocycles. The molecule has 3 atom stereocenters. The first kappa shape index (κ1) is 27.4. The fraction of sp³-hybridized carbons (Fsp3) is 0.375. The number of nitrogen functional groups attached to an aromatic ring is 1. The summed E-state index contributed by atoms with van der Waals surface area (Å²) in [6.45, 7) is 0.862. The van der Waals surface area contributed by atoms with Gasteiger partial charge in [-0.05, 0) is 31.4 Å². The Balaban J connectivity index is 1.90. The largest absolute Gasteiger partial charge is 0.474 e. The summed E-state index contributed by atoms with van der Waals surface area (Å²) in [5, 5.41) is 17.8. The molecule has 0 radical (unpaired) electrons. The first-order chi connectivity index (χ1) is 17.8. The lowest BCUT2D eigenvalue weighted by Gasteiger charge is -2.35. The molecular formula is C24H22F6N4O4. The Morgan fingerprint density at radius 1 is 1.13 bits per heavy atom. The van der Waals surface area contributed by atoms with Crippen LogP contribution in [-0.4, -0.2) is 38.7 Å². The van der Waals surface area contributed by atoms with E-state index in [-0.39, 0.29) is 12.8 Å². The lowest BCUT2D eigenvalue weighted by atomic mass is 9.94. The Bertz CT molecular complexity index is 1300. The SMILES string of the molecule is C[C@@H]1CC/C=C/C(O)C(OCc2ccccc2)(C(F)(F)F)c2nnc(o2)-c2nc(c(C(F)(F)F)cc2N)O1. The van der Waals surface area contributed by atoms with E-state index in [1.54, 1.807) is 18.2 Å². The van der Waals surface area contributed by atoms with Crippen molar-refractivity contribution in [1.29, 1.82) is 0 Å². The molecule has 0 saturated carbocycles. The number of anilines is 1. The van der Waals surface area contributed by atoms with Crippen LogP contribution in [0.4, 0.5) is 32.0 Å². The molecule has 3 N–H and O–H groups in total. The third-order valence-corrected chi connectivity index (χ3v) is 5.79. The molecule has 0 fully saturated rings. The van der Waals surface area contributed by atoms with Crippen LogP contribution in [0.15, 0.2) is 53.0 Å². The van der Waals surface area contributed by atoms with Crippen LogP contribution in [0.5, 0.6) is 5.88 Å². The highest BCUT2D eigenvalue weighted by atomic mass is 19.4. The van der Waals surface area contributed by atoms with Crippen molar-refractivity contribution in [3.63, 3.8) is 0 Å². The maximum Gasteiger partial charge on any atom is 0.429 e. The average molecular weight is 544 g/mol. The summed E-state index contributed by atoms with van der Waals surface area (Å²) >= 11 is 0. The summed E-state index contributed by atoms with van der Waals surface area (Å²) in [5.41, 5.74) is 0.187. The van der Waals surface area contributed by atoms with Crippen molar-refractivity contribution in [3.8, 4) is 17.5 Å². The van der Waals surface area contributed by atoms with Gasteiger partial charge in [-0.2, -0.15) is 26.3 Å². The van der Waals surface area contributed by atoms with E-state index in [2.05, 4.69) is 15.2 Å². The molecule has 0 saturated heterocycles. The van der Waals surface area contributed by atoms with E-state index < -0.39 is 71.4 Å². The van der Waals surface area contributed by atoms with Gasteiger partial charge < -0.3 is 24.7 Å². The van der Waals surface area contributed by atoms with Gasteiger partial charge in [0, 0.05) is 0 Å². The topological polar surface area (TPSA) is 117 Å². The number of aliphatic hydroxyl groups is 1. The van der Waals surface area contributed by atoms with Gasteiger partial charge in [0.25, 0.3) is 17.4 Å². The number of nitrogens with zero attached hydrogens (tertiary/aromatic N) is 3. The van der Waals surface area contributed by atoms with E-state index in [1.165, 1.54) is 25.1 Å². The molecule has 1 aromatic carbocycles. The zero-order valence-corrected chi connectivity index (χ0v) is 19.8. The van der Waals surface area contributed by atoms with Crippen molar-refractivity contribution in [1.82, 2.24) is 15.2 Å². The second kappa shape index (κ2) is 10.3. The number of allylic oxidation sites excluding steroid dienone is 1. The summed E-state index contributed by atoms with van der Waals surface area (Å²) in [5.74, 6) is -2.77. The zero-order chi connectivity index (χ0) is 27.7. The number of hydrogen-bond acceptors (Lipinski definition) is 8. The molecule has 3 heterocycles. The van der Waals surface area contributed by atoms with E-state index in [0.29, 0.717) is 11.6 Å². The highest BCUT2D eigenvalue weighted by molar-refractivity contribution is 5.68. The summed E-state index contributed by atoms with van der Waals surface area (Å²) in [6, 6.07) is 8.40. The number of ether oxygens (including phenoxy) is 2. The smallest absolute Gasteiger partial charge is 0.429 e. The normalized spacial score (nSPS) is 23.4. The summed E-state index contributed by atoms with van der Waals surface area (Å²) in [7, 11) is 0. The summed E-state index contributed by atoms with van der Waals surface area (Å²) < 4.78 is 101. The molecule has 14 heteroatoms. The fourth-order valence-electron chi connectivity index (χ4n) is 3.80. The number of aromatic nitrogens is 3. The van der Waals surface area contributed by atoms with Crippen LogP contribution in [0.25, 0.3) is 11.6 Å². The predicted octanol–water partition coefficient (Wildman–Crippen LogP) is 5.19. The number of nitrogens with two attached hydrogens (primary N) is 1. The minimum atomic E-state index is -5.28. The lowest BCUT2D eigenvalue weighted by molar-refractivity contribution is -0.319. The third kappa shape index (κ3) is 5.31. The minimum Gasteiger partial charge on any atom is -0.474 e. The van der Waals surface area contributed by atoms with E-state index >= 15 is 0 Å². The first-order valence-corrected chi connectivity index (χ1v) is 11.3. The molecule has 204 valence electrons. The average Bonchev–Trinajstić information content (AvgIpc) is 3.32. The monoisotopic (exact) mass is 544 g/mol. The Kier molecular flexibility index (Phi) is 7.39. The van der Waals surface area contributed by atoms with Gasteiger partial charge in [-0.25, -0.2) is 4.98 Å². The zero-order valence-electron chi connectivity index (χ0n) is 19.8. The molecule has 4 bridgehead atoms. The number of alkyl halides is 6. The molecule has 4 rings (SSSR count). The van der Waals surface area contributed by atoms with Crippen molar-refractivity contribution >= 4 is 5.69 Å². The van der Waals surface area contributed by atoms with Gasteiger partial charge in [-0.15, -0.1) is 10.2 Å². The van der Waals surface area contributed by atoms with Crippen molar-refractivity contribution in [2.75, 3.05) is 5.73 Å². The highest BCUT2D eigenvalue weighted by Crippen LogP contribution is 2.47. The van der Waals surface area contributed by atoms with Gasteiger partial charge >= 0.3 is 12.4 Å². The van der Waals surface area contributed by atoms with Crippen LogP contribution >= 0.6 is 0 Å². The van der Waals surface area contributed by atoms with Gasteiger partial charge in [0.1, 0.15) is 11.7 Å². The molecule has 0 spiro atoms. The number of hydrogen-bond donors (Lipinski definition) is 2. The molecule has 2 unspecified atom stereocenters. The Hall–Kier alpha value is -3.65. The number of benzene rings is 1. The Morgan fingerprint density at radius 3 is 2.50 bits per heavy atom. The number of aliphatic hydroxyl groups excluding tert-OH is 1. The van der Waals surface area contributed by atoms with Crippen molar-refractivity contribution < 1.29 is 45.3 Å². The Labute approximate surface area is 212 Å². The standard InChI is InChI=1S/C24H22F6N4O4/c1-13-7-5-6-10-17(35)22(24(28,29)30,36-12-14-8-3-2-4-9-14)21-34-33-20(38-21)18-16(31)11-15(23(25,26)27)19(32-18)37-13/h2-4,6,8-11,13,17,35H,5,7,12,31H2,1H3/b10-6+/t13-,17?,22?/m1/s1. The Morgan fingerprint density at radius 2 is 1.84 bits per heavy atom. The van der Waals surface area contributed by atoms with Crippen molar-refractivity contribution in [2.24, 2.45) is 0 Å². The van der Waals surface area contributed by atoms with Crippen LogP contribution in [0.2, 0.25) is 0 Å². The van der Waals surface area contributed by atoms with Gasteiger partial charge in [0.2, 0.25) is 5.88 Å². The van der Waals surface area contributed by atoms with Crippen molar-refractivity contribution in [3.05, 3.63) is 65.6 Å². The highest BCUT2D eigenvalue weighted by Gasteiger charge is 2.65. The molecule has 1 aliphatic heterocycles. The second-order valence-electron chi connectivity index (χ2n) is 8.58. The van der Waals surface area contributed by atoms with Crippen LogP contribution in [0.1, 0.15) is 36.8 Å². The third-order valence-electron chi connectivity index (χ3n) is 5.79. The predicted molar refractivity (Wildman–Crippen MR) is 120 cm³/mol. The van der Waals surface area contributed by atoms with Crippen LogP contribution < -0.4 is 10.5 Å². The molecule has 8 nitrogen and oxygen atoms in total. The number of rotatable bonds is 3. The van der Waals surface area contributed by atoms with Gasteiger partial charge in [0.15, 0.2) is 5.69 Å². The summed E-state index contributed by atoms with van der Waals surface area (Å²) in [6.07, 6.45) is -11.1. The second-order valence-corrected chi connectivity index (χ2v) is 8.58. The van der Waals surface area contributed by atoms with Crippen LogP contribution in [-0.2, 0) is 23.1 Å². The number of fused-ring (bicyclic) bond motifs is 5. The van der Waals surface area contributed by atoms with E-state index in [0.717, 1.165) is 6.08 Å². The number of halogens is 6. The molecule has 1 aliphatic rings. The quantitative estimate of drug-likeness (QED) is 0.342. The minimum absolute atomic E-state index is 0.0448. The van der Waals surface area contributed by atoms with E-state index in [1.807, 2.05) is 0 Å². The van der Waals surface area contributed by atoms with Gasteiger partial charge in [-0.1, -0.05) is 42.5 Å². The van der Waals surface area contributed by atoms with Gasteiger partial charge in [0.05, 0.1) is 18.4 Å². The number of pyridine rings is 1. The first-order valence-electron chi connectivity index (χ1n) is 11.3. The molecular weight excluding hydrogens is 522 g/mol. The van der Waals surface area contributed by atoms with E-state index in [4.69, 9.17) is 19.6 Å². The van der Waals surface area contributed by atoms with E-state index in [9.17, 15) is 31.4 Å².